The molecule has 16 atom stereocenters. The van der Waals surface area contributed by atoms with Crippen LogP contribution in [0.2, 0.25) is 0 Å². The number of esters is 2. The van der Waals surface area contributed by atoms with Gasteiger partial charge in [-0.2, -0.15) is 0 Å². The van der Waals surface area contributed by atoms with Gasteiger partial charge < -0.3 is 24.4 Å². The second-order valence-corrected chi connectivity index (χ2v) is 26.5. The maximum atomic E-state index is 16.6. The van der Waals surface area contributed by atoms with Gasteiger partial charge in [0.25, 0.3) is 0 Å². The lowest BCUT2D eigenvalue weighted by Crippen LogP contribution is -2.84. The third-order valence-corrected chi connectivity index (χ3v) is 22.5. The zero-order valence-corrected chi connectivity index (χ0v) is 43.2. The van der Waals surface area contributed by atoms with E-state index in [1.165, 1.54) is 11.1 Å². The number of carbonyl (C=O) groups is 2. The summed E-state index contributed by atoms with van der Waals surface area (Å²) >= 11 is 0. The molecule has 0 amide bonds. The van der Waals surface area contributed by atoms with Crippen LogP contribution in [0, 0.1) is 81.0 Å². The van der Waals surface area contributed by atoms with Crippen LogP contribution in [0.1, 0.15) is 128 Å². The van der Waals surface area contributed by atoms with Crippen LogP contribution < -0.4 is 5.43 Å². The zero-order valence-electron chi connectivity index (χ0n) is 41.6. The molecule has 5 aliphatic heterocycles. The van der Waals surface area contributed by atoms with Crippen molar-refractivity contribution < 1.29 is 34.0 Å². The summed E-state index contributed by atoms with van der Waals surface area (Å²) in [6.07, 6.45) is 15.0. The SMILES string of the molecule is C[C@H]1CC[C@H](O)[C@]23C4[C@@]56C[C@](C)(C#CC[C@]7(C[C@@H](Cc8ccccc8)CC[C@@H]7CSSC[C@@H](Cc7ccccc7)C1)C(=O)O5)[C@@]2(CCC1=CC(=O)OC1)OC#CCN(N6)[C@@H]1CCC[C@H]1[C@]4(C)CC[C@@H]3O. The van der Waals surface area contributed by atoms with Crippen LogP contribution in [-0.2, 0) is 36.6 Å². The van der Waals surface area contributed by atoms with E-state index in [0.717, 1.165) is 74.9 Å². The molecule has 5 heterocycles. The first-order chi connectivity index (χ1) is 33.8. The van der Waals surface area contributed by atoms with E-state index in [2.05, 4.69) is 116 Å². The standard InChI is InChI=1S/C59H74N2O7S2/c1-40-19-22-49(62)59-50(63)24-27-55(3)47-17-10-18-48(47)61-29-12-30-67-58(59,28-23-44-34-51(64)66-36-44)54(2)25-11-26-56(53(65)68-57(39-54,60-61)52(55)59)35-43(32-41-13-6-4-7-14-41)20-21-46(56)38-70-69-37-45(31-40)33-42-15-8-5-9-16-42/h4-9,13-16,34,40,43,45-50,52,60,62-63H,10,17-24,26-29,31-33,35-39H2,1-3H3/t40-,43+,45+,46+,47+,48+,49-,50-,52?,54-,55-,56+,57+,58+,59-/m0/s1. The van der Waals surface area contributed by atoms with Crippen molar-refractivity contribution in [2.45, 2.75) is 160 Å². The van der Waals surface area contributed by atoms with Gasteiger partial charge in [0.15, 0.2) is 5.72 Å². The molecule has 4 aliphatic carbocycles. The van der Waals surface area contributed by atoms with Crippen molar-refractivity contribution in [3.8, 4) is 23.9 Å². The van der Waals surface area contributed by atoms with Crippen LogP contribution in [0.25, 0.3) is 0 Å². The molecule has 2 aromatic carbocycles. The molecule has 9 nitrogen and oxygen atoms in total. The largest absolute Gasteiger partial charge is 0.458 e. The monoisotopic (exact) mass is 986 g/mol. The molecule has 3 N–H and O–H groups in total. The Bertz CT molecular complexity index is 2450. The first-order valence-corrected chi connectivity index (χ1v) is 29.3. The molecule has 6 bridgehead atoms. The summed E-state index contributed by atoms with van der Waals surface area (Å²) in [4.78, 5) is 29.3. The van der Waals surface area contributed by atoms with E-state index in [-0.39, 0.29) is 48.3 Å². The number of hydrazine groups is 1. The predicted octanol–water partition coefficient (Wildman–Crippen LogP) is 9.86. The molecule has 11 heteroatoms. The van der Waals surface area contributed by atoms with Crippen molar-refractivity contribution in [1.29, 1.82) is 0 Å². The minimum atomic E-state index is -1.42. The quantitative estimate of drug-likeness (QED) is 0.140. The van der Waals surface area contributed by atoms with E-state index in [1.807, 2.05) is 21.6 Å². The fourth-order valence-electron chi connectivity index (χ4n) is 17.0. The summed E-state index contributed by atoms with van der Waals surface area (Å²) in [5, 5.41) is 30.0. The van der Waals surface area contributed by atoms with Crippen LogP contribution in [0.5, 0.6) is 0 Å². The number of ether oxygens (including phenoxy) is 3. The van der Waals surface area contributed by atoms with E-state index in [0.29, 0.717) is 63.8 Å². The van der Waals surface area contributed by atoms with Crippen LogP contribution in [-0.4, -0.2) is 81.4 Å². The molecule has 11 rings (SSSR count). The number of aliphatic hydroxyl groups is 2. The number of carbonyl (C=O) groups excluding carboxylic acids is 2. The Kier molecular flexibility index (Phi) is 13.3. The van der Waals surface area contributed by atoms with E-state index in [9.17, 15) is 15.0 Å². The number of fused-ring (bicyclic) bond motifs is 5. The van der Waals surface area contributed by atoms with Gasteiger partial charge in [0.1, 0.15) is 18.3 Å². The molecule has 2 saturated heterocycles. The van der Waals surface area contributed by atoms with E-state index in [1.54, 1.807) is 6.08 Å². The average Bonchev–Trinajstić information content (AvgIpc) is 4.01. The topological polar surface area (TPSA) is 118 Å². The van der Waals surface area contributed by atoms with Gasteiger partial charge in [0, 0.05) is 42.4 Å². The van der Waals surface area contributed by atoms with Gasteiger partial charge in [-0.1, -0.05) is 108 Å². The van der Waals surface area contributed by atoms with Crippen molar-refractivity contribution >= 4 is 33.5 Å². The molecule has 9 aliphatic rings. The van der Waals surface area contributed by atoms with Crippen molar-refractivity contribution in [2.24, 2.45) is 57.2 Å². The van der Waals surface area contributed by atoms with Gasteiger partial charge in [0.2, 0.25) is 0 Å². The lowest BCUT2D eigenvalue weighted by molar-refractivity contribution is -0.364. The molecule has 4 saturated carbocycles. The van der Waals surface area contributed by atoms with Crippen molar-refractivity contribution in [3.63, 3.8) is 0 Å². The van der Waals surface area contributed by atoms with E-state index >= 15 is 4.79 Å². The van der Waals surface area contributed by atoms with Crippen molar-refractivity contribution in [1.82, 2.24) is 10.4 Å². The Balaban J connectivity index is 1.14. The summed E-state index contributed by atoms with van der Waals surface area (Å²) in [5.74, 6) is 13.0. The van der Waals surface area contributed by atoms with Crippen LogP contribution in [0.3, 0.4) is 0 Å². The Morgan fingerprint density at radius 1 is 0.857 bits per heavy atom. The summed E-state index contributed by atoms with van der Waals surface area (Å²) in [7, 11) is 3.89. The molecule has 0 radical (unpaired) electrons. The highest BCUT2D eigenvalue weighted by Gasteiger charge is 2.84. The van der Waals surface area contributed by atoms with Gasteiger partial charge in [-0.3, -0.25) is 4.79 Å². The molecular weight excluding hydrogens is 913 g/mol. The summed E-state index contributed by atoms with van der Waals surface area (Å²) < 4.78 is 20.8. The van der Waals surface area contributed by atoms with Gasteiger partial charge in [-0.25, -0.2) is 15.2 Å². The Labute approximate surface area is 424 Å². The third kappa shape index (κ3) is 8.10. The minimum Gasteiger partial charge on any atom is -0.458 e. The molecule has 70 heavy (non-hydrogen) atoms. The number of nitrogens with zero attached hydrogens (tertiary/aromatic N) is 1. The second-order valence-electron chi connectivity index (χ2n) is 23.9. The van der Waals surface area contributed by atoms with Crippen LogP contribution >= 0.6 is 21.6 Å². The Hall–Kier alpha value is -3.42. The first kappa shape index (κ1) is 48.8. The number of rotatable bonds is 7. The maximum Gasteiger partial charge on any atom is 0.331 e. The number of aliphatic hydroxyl groups excluding tert-OH is 2. The number of hydrogen-bond acceptors (Lipinski definition) is 11. The van der Waals surface area contributed by atoms with Gasteiger partial charge in [-0.05, 0) is 154 Å². The lowest BCUT2D eigenvalue weighted by atomic mass is 9.34. The molecule has 2 aromatic rings. The smallest absolute Gasteiger partial charge is 0.331 e. The molecule has 2 unspecified atom stereocenters. The first-order valence-electron chi connectivity index (χ1n) is 26.8. The maximum absolute atomic E-state index is 16.6. The highest BCUT2D eigenvalue weighted by atomic mass is 33.1. The predicted molar refractivity (Wildman–Crippen MR) is 275 cm³/mol. The molecule has 374 valence electrons. The normalized spacial score (nSPS) is 44.3. The fraction of sp³-hybridized carbons (Fsp3) is 0.661. The zero-order chi connectivity index (χ0) is 48.4. The fourth-order valence-corrected chi connectivity index (χ4v) is 19.9. The summed E-state index contributed by atoms with van der Waals surface area (Å²) in [5.41, 5.74) is 0.900. The highest BCUT2D eigenvalue weighted by Crippen LogP contribution is 2.76. The average molecular weight is 987 g/mol. The van der Waals surface area contributed by atoms with Crippen LogP contribution in [0.4, 0.5) is 0 Å². The number of nitrogens with one attached hydrogen (secondary N) is 1. The van der Waals surface area contributed by atoms with Gasteiger partial charge >= 0.3 is 11.9 Å². The van der Waals surface area contributed by atoms with Gasteiger partial charge in [0.05, 0.1) is 35.0 Å². The molecule has 6 fully saturated rings. The third-order valence-electron chi connectivity index (χ3n) is 19.9. The lowest BCUT2D eigenvalue weighted by Gasteiger charge is -2.73. The number of benzene rings is 2. The Morgan fingerprint density at radius 2 is 1.60 bits per heavy atom. The van der Waals surface area contributed by atoms with Gasteiger partial charge in [-0.15, -0.1) is 5.92 Å². The van der Waals surface area contributed by atoms with E-state index in [4.69, 9.17) is 14.2 Å². The molecule has 2 spiro atoms. The van der Waals surface area contributed by atoms with E-state index < -0.39 is 51.1 Å². The van der Waals surface area contributed by atoms with Crippen LogP contribution in [0.15, 0.2) is 72.3 Å². The summed E-state index contributed by atoms with van der Waals surface area (Å²) in [6, 6.07) is 21.7. The number of cyclic esters (lactones) is 1. The minimum absolute atomic E-state index is 0.0231. The molecule has 0 aromatic heterocycles. The highest BCUT2D eigenvalue weighted by molar-refractivity contribution is 8.76. The Morgan fingerprint density at radius 3 is 2.36 bits per heavy atom. The summed E-state index contributed by atoms with van der Waals surface area (Å²) in [6.45, 7) is 7.46. The van der Waals surface area contributed by atoms with Crippen molar-refractivity contribution in [3.05, 3.63) is 83.4 Å². The second kappa shape index (κ2) is 19.1. The molecular formula is C59H74N2O7S2. The number of hydrogen-bond donors (Lipinski definition) is 3. The van der Waals surface area contributed by atoms with Crippen molar-refractivity contribution in [2.75, 3.05) is 24.7 Å².